The second kappa shape index (κ2) is 4.20. The van der Waals surface area contributed by atoms with Crippen molar-refractivity contribution in [2.45, 2.75) is 25.4 Å². The fraction of sp³-hybridized carbons (Fsp3) is 0.556. The summed E-state index contributed by atoms with van der Waals surface area (Å²) in [6, 6.07) is 0.294. The van der Waals surface area contributed by atoms with Gasteiger partial charge in [-0.1, -0.05) is 0 Å². The van der Waals surface area contributed by atoms with Gasteiger partial charge in [-0.2, -0.15) is 5.10 Å². The lowest BCUT2D eigenvalue weighted by molar-refractivity contribution is 0.240. The van der Waals surface area contributed by atoms with Crippen LogP contribution >= 0.6 is 0 Å². The molecule has 1 saturated carbocycles. The number of aromatic nitrogens is 2. The van der Waals surface area contributed by atoms with Gasteiger partial charge in [-0.05, 0) is 12.8 Å². The van der Waals surface area contributed by atoms with Crippen LogP contribution in [0.4, 0.5) is 10.5 Å². The molecule has 0 atom stereocenters. The van der Waals surface area contributed by atoms with Crippen molar-refractivity contribution in [3.05, 3.63) is 12.4 Å². The number of nitrogen functional groups attached to an aromatic ring is 1. The minimum atomic E-state index is -0.0994. The van der Waals surface area contributed by atoms with Crippen LogP contribution in [0.5, 0.6) is 0 Å². The van der Waals surface area contributed by atoms with E-state index in [1.165, 1.54) is 0 Å². The number of carbonyl (C=O) groups is 1. The molecule has 1 aliphatic carbocycles. The average Bonchev–Trinajstić information content (AvgIpc) is 2.89. The van der Waals surface area contributed by atoms with Crippen LogP contribution in [0, 0.1) is 0 Å². The predicted molar refractivity (Wildman–Crippen MR) is 56.2 cm³/mol. The van der Waals surface area contributed by atoms with Gasteiger partial charge in [-0.25, -0.2) is 4.79 Å². The van der Waals surface area contributed by atoms with Crippen molar-refractivity contribution in [1.82, 2.24) is 20.4 Å². The Labute approximate surface area is 87.8 Å². The fourth-order valence-electron chi connectivity index (χ4n) is 1.25. The van der Waals surface area contributed by atoms with Crippen molar-refractivity contribution in [3.8, 4) is 0 Å². The summed E-state index contributed by atoms with van der Waals surface area (Å²) in [6.45, 7) is 1.19. The molecule has 6 heteroatoms. The highest BCUT2D eigenvalue weighted by Crippen LogP contribution is 2.18. The third kappa shape index (κ3) is 3.16. The van der Waals surface area contributed by atoms with E-state index in [0.29, 0.717) is 24.8 Å². The Morgan fingerprint density at radius 3 is 3.07 bits per heavy atom. The lowest BCUT2D eigenvalue weighted by Gasteiger charge is -2.06. The maximum absolute atomic E-state index is 11.2. The summed E-state index contributed by atoms with van der Waals surface area (Å²) in [6.07, 6.45) is 5.52. The van der Waals surface area contributed by atoms with E-state index in [0.717, 1.165) is 12.8 Å². The third-order valence-electron chi connectivity index (χ3n) is 2.19. The van der Waals surface area contributed by atoms with E-state index >= 15 is 0 Å². The molecular weight excluding hydrogens is 194 g/mol. The van der Waals surface area contributed by atoms with Crippen LogP contribution in [0.2, 0.25) is 0 Å². The number of carbonyl (C=O) groups excluding carboxylic acids is 1. The zero-order valence-corrected chi connectivity index (χ0v) is 8.44. The first-order chi connectivity index (χ1) is 7.24. The van der Waals surface area contributed by atoms with Gasteiger partial charge in [0.25, 0.3) is 0 Å². The summed E-state index contributed by atoms with van der Waals surface area (Å²) >= 11 is 0. The molecule has 0 saturated heterocycles. The van der Waals surface area contributed by atoms with Gasteiger partial charge < -0.3 is 16.4 Å². The van der Waals surface area contributed by atoms with Gasteiger partial charge in [-0.3, -0.25) is 4.68 Å². The lowest BCUT2D eigenvalue weighted by atomic mass is 10.6. The van der Waals surface area contributed by atoms with Crippen molar-refractivity contribution >= 4 is 11.7 Å². The Kier molecular flexibility index (Phi) is 2.75. The predicted octanol–water partition coefficient (Wildman–Crippen LogP) is -0.0731. The van der Waals surface area contributed by atoms with Gasteiger partial charge in [0, 0.05) is 18.8 Å². The van der Waals surface area contributed by atoms with Crippen molar-refractivity contribution in [2.24, 2.45) is 0 Å². The maximum Gasteiger partial charge on any atom is 0.315 e. The standard InChI is InChI=1S/C9H15N5O/c10-7-5-12-14(6-7)4-3-11-9(15)13-8-1-2-8/h5-6,8H,1-4,10H2,(H2,11,13,15). The van der Waals surface area contributed by atoms with E-state index in [-0.39, 0.29) is 6.03 Å². The van der Waals surface area contributed by atoms with E-state index in [2.05, 4.69) is 15.7 Å². The van der Waals surface area contributed by atoms with Crippen LogP contribution in [0.15, 0.2) is 12.4 Å². The Bertz CT molecular complexity index is 344. The fourth-order valence-corrected chi connectivity index (χ4v) is 1.25. The number of nitrogens with two attached hydrogens (primary N) is 1. The van der Waals surface area contributed by atoms with Gasteiger partial charge in [-0.15, -0.1) is 0 Å². The molecule has 1 aromatic heterocycles. The number of nitrogens with zero attached hydrogens (tertiary/aromatic N) is 2. The van der Waals surface area contributed by atoms with Gasteiger partial charge in [0.05, 0.1) is 18.4 Å². The molecule has 0 bridgehead atoms. The van der Waals surface area contributed by atoms with E-state index in [9.17, 15) is 4.79 Å². The van der Waals surface area contributed by atoms with Crippen molar-refractivity contribution < 1.29 is 4.79 Å². The maximum atomic E-state index is 11.2. The van der Waals surface area contributed by atoms with Gasteiger partial charge >= 0.3 is 6.03 Å². The molecule has 0 aliphatic heterocycles. The normalized spacial score (nSPS) is 14.9. The smallest absolute Gasteiger partial charge is 0.315 e. The summed E-state index contributed by atoms with van der Waals surface area (Å²) in [5.41, 5.74) is 6.14. The van der Waals surface area contributed by atoms with E-state index in [1.807, 2.05) is 0 Å². The van der Waals surface area contributed by atoms with Crippen molar-refractivity contribution in [2.75, 3.05) is 12.3 Å². The number of urea groups is 1. The monoisotopic (exact) mass is 209 g/mol. The Hall–Kier alpha value is -1.72. The summed E-state index contributed by atoms with van der Waals surface area (Å²) in [5.74, 6) is 0. The molecule has 6 nitrogen and oxygen atoms in total. The number of hydrogen-bond acceptors (Lipinski definition) is 3. The zero-order chi connectivity index (χ0) is 10.7. The molecule has 1 heterocycles. The third-order valence-corrected chi connectivity index (χ3v) is 2.19. The molecule has 0 aromatic carbocycles. The Morgan fingerprint density at radius 1 is 1.67 bits per heavy atom. The molecule has 0 unspecified atom stereocenters. The van der Waals surface area contributed by atoms with Gasteiger partial charge in [0.1, 0.15) is 0 Å². The Balaban J connectivity index is 1.63. The highest BCUT2D eigenvalue weighted by atomic mass is 16.2. The minimum Gasteiger partial charge on any atom is -0.396 e. The summed E-state index contributed by atoms with van der Waals surface area (Å²) in [4.78, 5) is 11.2. The van der Waals surface area contributed by atoms with Crippen molar-refractivity contribution in [3.63, 3.8) is 0 Å². The molecule has 0 radical (unpaired) electrons. The van der Waals surface area contributed by atoms with E-state index in [4.69, 9.17) is 5.73 Å². The number of hydrogen-bond donors (Lipinski definition) is 3. The first kappa shape index (κ1) is 9.82. The molecule has 2 rings (SSSR count). The van der Waals surface area contributed by atoms with Crippen LogP contribution in [-0.4, -0.2) is 28.4 Å². The van der Waals surface area contributed by atoms with Crippen LogP contribution in [0.1, 0.15) is 12.8 Å². The van der Waals surface area contributed by atoms with Gasteiger partial charge in [0.15, 0.2) is 0 Å². The summed E-state index contributed by atoms with van der Waals surface area (Å²) in [5, 5.41) is 9.61. The molecule has 2 amide bonds. The minimum absolute atomic E-state index is 0.0994. The molecular formula is C9H15N5O. The van der Waals surface area contributed by atoms with Crippen LogP contribution in [0.3, 0.4) is 0 Å². The lowest BCUT2D eigenvalue weighted by Crippen LogP contribution is -2.38. The first-order valence-corrected chi connectivity index (χ1v) is 5.06. The van der Waals surface area contributed by atoms with Crippen LogP contribution < -0.4 is 16.4 Å². The second-order valence-electron chi connectivity index (χ2n) is 3.71. The number of anilines is 1. The highest BCUT2D eigenvalue weighted by Gasteiger charge is 2.22. The quantitative estimate of drug-likeness (QED) is 0.648. The number of nitrogens with one attached hydrogen (secondary N) is 2. The Morgan fingerprint density at radius 2 is 2.47 bits per heavy atom. The van der Waals surface area contributed by atoms with E-state index in [1.54, 1.807) is 17.1 Å². The highest BCUT2D eigenvalue weighted by molar-refractivity contribution is 5.74. The van der Waals surface area contributed by atoms with Gasteiger partial charge in [0.2, 0.25) is 0 Å². The molecule has 82 valence electrons. The molecule has 1 aromatic rings. The number of amides is 2. The topological polar surface area (TPSA) is 85.0 Å². The van der Waals surface area contributed by atoms with Crippen molar-refractivity contribution in [1.29, 1.82) is 0 Å². The largest absolute Gasteiger partial charge is 0.396 e. The average molecular weight is 209 g/mol. The second-order valence-corrected chi connectivity index (χ2v) is 3.71. The number of rotatable bonds is 4. The first-order valence-electron chi connectivity index (χ1n) is 5.06. The molecule has 4 N–H and O–H groups in total. The molecule has 15 heavy (non-hydrogen) atoms. The summed E-state index contributed by atoms with van der Waals surface area (Å²) in [7, 11) is 0. The van der Waals surface area contributed by atoms with Crippen LogP contribution in [-0.2, 0) is 6.54 Å². The molecule has 0 spiro atoms. The van der Waals surface area contributed by atoms with E-state index < -0.39 is 0 Å². The SMILES string of the molecule is Nc1cnn(CCNC(=O)NC2CC2)c1. The molecule has 1 fully saturated rings. The zero-order valence-electron chi connectivity index (χ0n) is 8.44. The summed E-state index contributed by atoms with van der Waals surface area (Å²) < 4.78 is 1.70. The molecule has 1 aliphatic rings. The van der Waals surface area contributed by atoms with Crippen LogP contribution in [0.25, 0.3) is 0 Å².